The Morgan fingerprint density at radius 1 is 0.846 bits per heavy atom. The normalized spacial score (nSPS) is 13.3. The maximum Gasteiger partial charge on any atom is 0.254 e. The molecular weight excluding hydrogens is 493 g/mol. The molecule has 0 radical (unpaired) electrons. The van der Waals surface area contributed by atoms with Crippen LogP contribution in [0.2, 0.25) is 0 Å². The van der Waals surface area contributed by atoms with Gasteiger partial charge in [-0.15, -0.1) is 10.2 Å². The highest BCUT2D eigenvalue weighted by molar-refractivity contribution is 5.96. The number of amides is 2. The number of anilines is 1. The van der Waals surface area contributed by atoms with Gasteiger partial charge in [0.1, 0.15) is 12.4 Å². The van der Waals surface area contributed by atoms with E-state index < -0.39 is 5.82 Å². The number of aromatic nitrogens is 2. The van der Waals surface area contributed by atoms with Crippen LogP contribution in [0.1, 0.15) is 21.5 Å². The number of hydrogen-bond donors (Lipinski definition) is 0. The van der Waals surface area contributed by atoms with Gasteiger partial charge < -0.3 is 14.7 Å². The number of carbonyl (C=O) groups is 2. The van der Waals surface area contributed by atoms with Gasteiger partial charge in [-0.25, -0.2) is 4.39 Å². The molecule has 4 aromatic rings. The van der Waals surface area contributed by atoms with E-state index in [0.717, 1.165) is 22.6 Å². The van der Waals surface area contributed by atoms with Crippen LogP contribution in [0.5, 0.6) is 0 Å². The third kappa shape index (κ3) is 6.46. The van der Waals surface area contributed by atoms with E-state index in [1.807, 2.05) is 73.7 Å². The fourth-order valence-corrected chi connectivity index (χ4v) is 4.63. The van der Waals surface area contributed by atoms with Crippen molar-refractivity contribution in [3.8, 4) is 11.3 Å². The number of benzene rings is 3. The number of nitrogens with zero attached hydrogens (tertiary/aromatic N) is 5. The van der Waals surface area contributed by atoms with Crippen LogP contribution < -0.4 is 4.90 Å². The van der Waals surface area contributed by atoms with Crippen molar-refractivity contribution in [2.24, 2.45) is 0 Å². The lowest BCUT2D eigenvalue weighted by Gasteiger charge is -2.36. The van der Waals surface area contributed by atoms with Crippen LogP contribution in [0.25, 0.3) is 11.3 Å². The van der Waals surface area contributed by atoms with Crippen LogP contribution in [0.4, 0.5) is 10.2 Å². The second-order valence-corrected chi connectivity index (χ2v) is 9.67. The first kappa shape index (κ1) is 26.0. The minimum absolute atomic E-state index is 0.0880. The molecule has 1 aliphatic rings. The molecule has 7 nitrogen and oxygen atoms in total. The highest BCUT2D eigenvalue weighted by Gasteiger charge is 2.26. The van der Waals surface area contributed by atoms with Gasteiger partial charge >= 0.3 is 0 Å². The van der Waals surface area contributed by atoms with E-state index in [4.69, 9.17) is 0 Å². The van der Waals surface area contributed by atoms with Gasteiger partial charge in [-0.1, -0.05) is 66.2 Å². The van der Waals surface area contributed by atoms with Crippen LogP contribution in [0.3, 0.4) is 0 Å². The molecule has 2 heterocycles. The Bertz CT molecular complexity index is 1420. The monoisotopic (exact) mass is 523 g/mol. The van der Waals surface area contributed by atoms with E-state index in [1.54, 1.807) is 11.0 Å². The molecule has 0 aliphatic carbocycles. The predicted octanol–water partition coefficient (Wildman–Crippen LogP) is 4.58. The van der Waals surface area contributed by atoms with Crippen molar-refractivity contribution >= 4 is 17.6 Å². The number of piperazine rings is 1. The second kappa shape index (κ2) is 11.9. The lowest BCUT2D eigenvalue weighted by Crippen LogP contribution is -2.52. The van der Waals surface area contributed by atoms with Gasteiger partial charge in [-0.2, -0.15) is 0 Å². The van der Waals surface area contributed by atoms with Gasteiger partial charge in [0.05, 0.1) is 5.69 Å². The lowest BCUT2D eigenvalue weighted by molar-refractivity contribution is -0.132. The Labute approximate surface area is 227 Å². The Balaban J connectivity index is 1.22. The summed E-state index contributed by atoms with van der Waals surface area (Å²) in [6.07, 6.45) is 0. The lowest BCUT2D eigenvalue weighted by atomic mass is 10.1. The minimum Gasteiger partial charge on any atom is -0.352 e. The average molecular weight is 524 g/mol. The fourth-order valence-electron chi connectivity index (χ4n) is 4.63. The van der Waals surface area contributed by atoms with Crippen molar-refractivity contribution in [1.82, 2.24) is 20.0 Å². The molecule has 2 amide bonds. The summed E-state index contributed by atoms with van der Waals surface area (Å²) in [7, 11) is 0. The summed E-state index contributed by atoms with van der Waals surface area (Å²) < 4.78 is 13.8. The van der Waals surface area contributed by atoms with Crippen LogP contribution in [0, 0.1) is 12.7 Å². The SMILES string of the molecule is Cc1ccc(-c2ccc(N3CCN(C(=O)CN(Cc4ccccc4)C(=O)c4cccc(F)c4)CC3)nn2)cc1. The van der Waals surface area contributed by atoms with Gasteiger partial charge in [0.2, 0.25) is 5.91 Å². The van der Waals surface area contributed by atoms with Crippen LogP contribution in [-0.4, -0.2) is 64.5 Å². The van der Waals surface area contributed by atoms with Crippen LogP contribution in [-0.2, 0) is 11.3 Å². The predicted molar refractivity (Wildman–Crippen MR) is 149 cm³/mol. The Hall–Kier alpha value is -4.59. The smallest absolute Gasteiger partial charge is 0.254 e. The average Bonchev–Trinajstić information content (AvgIpc) is 2.97. The third-order valence-corrected chi connectivity index (χ3v) is 6.86. The van der Waals surface area contributed by atoms with Gasteiger partial charge in [0.15, 0.2) is 5.82 Å². The molecule has 198 valence electrons. The maximum absolute atomic E-state index is 13.8. The van der Waals surface area contributed by atoms with Gasteiger partial charge in [0, 0.05) is 43.9 Å². The highest BCUT2D eigenvalue weighted by Crippen LogP contribution is 2.20. The Morgan fingerprint density at radius 3 is 2.26 bits per heavy atom. The molecule has 0 N–H and O–H groups in total. The molecule has 0 unspecified atom stereocenters. The number of hydrogen-bond acceptors (Lipinski definition) is 5. The van der Waals surface area contributed by atoms with Crippen molar-refractivity contribution in [1.29, 1.82) is 0 Å². The van der Waals surface area contributed by atoms with Crippen LogP contribution in [0.15, 0.2) is 91.0 Å². The van der Waals surface area contributed by atoms with E-state index in [0.29, 0.717) is 26.2 Å². The minimum atomic E-state index is -0.488. The van der Waals surface area contributed by atoms with E-state index in [2.05, 4.69) is 15.1 Å². The second-order valence-electron chi connectivity index (χ2n) is 9.67. The van der Waals surface area contributed by atoms with E-state index in [9.17, 15) is 14.0 Å². The summed E-state index contributed by atoms with van der Waals surface area (Å²) >= 11 is 0. The molecular formula is C31H30FN5O2. The summed E-state index contributed by atoms with van der Waals surface area (Å²) in [4.78, 5) is 31.9. The van der Waals surface area contributed by atoms with Gasteiger partial charge in [-0.3, -0.25) is 9.59 Å². The fraction of sp³-hybridized carbons (Fsp3) is 0.226. The molecule has 1 aromatic heterocycles. The first-order chi connectivity index (χ1) is 19.0. The number of aryl methyl sites for hydroxylation is 1. The first-order valence-electron chi connectivity index (χ1n) is 13.0. The highest BCUT2D eigenvalue weighted by atomic mass is 19.1. The van der Waals surface area contributed by atoms with Crippen molar-refractivity contribution in [3.05, 3.63) is 114 Å². The number of halogens is 1. The Morgan fingerprint density at radius 2 is 1.59 bits per heavy atom. The molecule has 39 heavy (non-hydrogen) atoms. The topological polar surface area (TPSA) is 69.6 Å². The van der Waals surface area contributed by atoms with E-state index in [1.165, 1.54) is 28.7 Å². The van der Waals surface area contributed by atoms with E-state index >= 15 is 0 Å². The van der Waals surface area contributed by atoms with Gasteiger partial charge in [0.25, 0.3) is 5.91 Å². The van der Waals surface area contributed by atoms with Crippen molar-refractivity contribution in [2.45, 2.75) is 13.5 Å². The standard InChI is InChI=1S/C31H30FN5O2/c1-23-10-12-25(13-11-23)28-14-15-29(34-33-28)35-16-18-36(19-17-35)30(38)22-37(21-24-6-3-2-4-7-24)31(39)26-8-5-9-27(32)20-26/h2-15,20H,16-19,21-22H2,1H3. The van der Waals surface area contributed by atoms with Crippen molar-refractivity contribution in [3.63, 3.8) is 0 Å². The summed E-state index contributed by atoms with van der Waals surface area (Å²) in [6, 6.07) is 27.1. The maximum atomic E-state index is 13.8. The molecule has 8 heteroatoms. The summed E-state index contributed by atoms with van der Waals surface area (Å²) in [6.45, 7) is 4.45. The number of carbonyl (C=O) groups excluding carboxylic acids is 2. The summed E-state index contributed by atoms with van der Waals surface area (Å²) in [5.74, 6) is -0.242. The quantitative estimate of drug-likeness (QED) is 0.355. The molecule has 3 aromatic carbocycles. The van der Waals surface area contributed by atoms with Gasteiger partial charge in [-0.05, 0) is 42.8 Å². The zero-order chi connectivity index (χ0) is 27.2. The molecule has 0 spiro atoms. The van der Waals surface area contributed by atoms with Crippen molar-refractivity contribution < 1.29 is 14.0 Å². The molecule has 0 bridgehead atoms. The third-order valence-electron chi connectivity index (χ3n) is 6.86. The molecule has 5 rings (SSSR count). The largest absolute Gasteiger partial charge is 0.352 e. The summed E-state index contributed by atoms with van der Waals surface area (Å²) in [5.41, 5.74) is 4.14. The van der Waals surface area contributed by atoms with Crippen LogP contribution >= 0.6 is 0 Å². The molecule has 1 fully saturated rings. The first-order valence-corrected chi connectivity index (χ1v) is 13.0. The Kier molecular flexibility index (Phi) is 7.91. The zero-order valence-electron chi connectivity index (χ0n) is 21.8. The molecule has 0 atom stereocenters. The summed E-state index contributed by atoms with van der Waals surface area (Å²) in [5, 5.41) is 8.82. The van der Waals surface area contributed by atoms with Crippen molar-refractivity contribution in [2.75, 3.05) is 37.6 Å². The molecule has 1 aliphatic heterocycles. The molecule has 1 saturated heterocycles. The van der Waals surface area contributed by atoms with E-state index in [-0.39, 0.29) is 30.5 Å². The molecule has 0 saturated carbocycles. The number of rotatable bonds is 7. The zero-order valence-corrected chi connectivity index (χ0v) is 21.8.